The monoisotopic (exact) mass is 277 g/mol. The molecule has 1 N–H and O–H groups in total. The molecule has 0 heterocycles. The van der Waals surface area contributed by atoms with Crippen molar-refractivity contribution in [3.63, 3.8) is 0 Å². The number of rotatable bonds is 7. The lowest BCUT2D eigenvalue weighted by Crippen LogP contribution is -2.32. The van der Waals surface area contributed by atoms with Gasteiger partial charge in [-0.2, -0.15) is 0 Å². The smallest absolute Gasteiger partial charge is 0.161 e. The maximum atomic E-state index is 5.92. The molecule has 1 aliphatic carbocycles. The topological polar surface area (TPSA) is 30.5 Å². The summed E-state index contributed by atoms with van der Waals surface area (Å²) in [6.07, 6.45) is 5.10. The first kappa shape index (κ1) is 15.2. The number of nitrogens with one attached hydrogen (secondary N) is 1. The van der Waals surface area contributed by atoms with Crippen LogP contribution in [0.15, 0.2) is 18.2 Å². The SMILES string of the molecule is CCNC1CCCC1CCOc1ccc(C)cc1OC. The summed E-state index contributed by atoms with van der Waals surface area (Å²) in [5, 5.41) is 3.59. The van der Waals surface area contributed by atoms with Gasteiger partial charge in [0.25, 0.3) is 0 Å². The molecule has 1 saturated carbocycles. The van der Waals surface area contributed by atoms with Gasteiger partial charge >= 0.3 is 0 Å². The Hall–Kier alpha value is -1.22. The molecule has 3 heteroatoms. The summed E-state index contributed by atoms with van der Waals surface area (Å²) in [6, 6.07) is 6.77. The van der Waals surface area contributed by atoms with Gasteiger partial charge in [0, 0.05) is 6.04 Å². The minimum atomic E-state index is 0.684. The van der Waals surface area contributed by atoms with Crippen LogP contribution in [0.3, 0.4) is 0 Å². The van der Waals surface area contributed by atoms with Crippen molar-refractivity contribution in [2.24, 2.45) is 5.92 Å². The van der Waals surface area contributed by atoms with Crippen molar-refractivity contribution in [2.45, 2.75) is 45.6 Å². The summed E-state index contributed by atoms with van der Waals surface area (Å²) in [5.74, 6) is 2.45. The third-order valence-electron chi connectivity index (χ3n) is 4.19. The zero-order chi connectivity index (χ0) is 14.4. The van der Waals surface area contributed by atoms with Crippen molar-refractivity contribution in [1.29, 1.82) is 0 Å². The van der Waals surface area contributed by atoms with E-state index in [0.717, 1.165) is 37.0 Å². The number of hydrogen-bond acceptors (Lipinski definition) is 3. The van der Waals surface area contributed by atoms with Crippen molar-refractivity contribution < 1.29 is 9.47 Å². The van der Waals surface area contributed by atoms with Gasteiger partial charge < -0.3 is 14.8 Å². The number of aryl methyl sites for hydroxylation is 1. The summed E-state index contributed by atoms with van der Waals surface area (Å²) in [6.45, 7) is 6.08. The third-order valence-corrected chi connectivity index (χ3v) is 4.19. The Morgan fingerprint density at radius 3 is 2.85 bits per heavy atom. The number of hydrogen-bond donors (Lipinski definition) is 1. The molecule has 2 atom stereocenters. The summed E-state index contributed by atoms with van der Waals surface area (Å²) in [5.41, 5.74) is 1.19. The number of methoxy groups -OCH3 is 1. The Balaban J connectivity index is 1.83. The van der Waals surface area contributed by atoms with Gasteiger partial charge in [0.15, 0.2) is 11.5 Å². The van der Waals surface area contributed by atoms with Crippen molar-refractivity contribution >= 4 is 0 Å². The first-order chi connectivity index (χ1) is 9.74. The van der Waals surface area contributed by atoms with Gasteiger partial charge in [0.05, 0.1) is 13.7 Å². The molecule has 0 aromatic heterocycles. The van der Waals surface area contributed by atoms with E-state index in [4.69, 9.17) is 9.47 Å². The van der Waals surface area contributed by atoms with Gasteiger partial charge in [-0.15, -0.1) is 0 Å². The highest BCUT2D eigenvalue weighted by atomic mass is 16.5. The summed E-state index contributed by atoms with van der Waals surface area (Å²) in [4.78, 5) is 0. The molecule has 0 aliphatic heterocycles. The Morgan fingerprint density at radius 1 is 1.25 bits per heavy atom. The van der Waals surface area contributed by atoms with Crippen LogP contribution in [0, 0.1) is 12.8 Å². The molecular formula is C17H27NO2. The molecule has 112 valence electrons. The fourth-order valence-corrected chi connectivity index (χ4v) is 3.13. The van der Waals surface area contributed by atoms with E-state index in [2.05, 4.69) is 25.2 Å². The maximum absolute atomic E-state index is 5.92. The van der Waals surface area contributed by atoms with Gasteiger partial charge in [-0.05, 0) is 56.3 Å². The molecule has 1 aromatic rings. The molecule has 0 spiro atoms. The Labute approximate surface area is 122 Å². The van der Waals surface area contributed by atoms with E-state index in [0.29, 0.717) is 6.04 Å². The summed E-state index contributed by atoms with van der Waals surface area (Å²) >= 11 is 0. The molecule has 0 saturated heterocycles. The standard InChI is InChI=1S/C17H27NO2/c1-4-18-15-7-5-6-14(15)10-11-20-16-9-8-13(2)12-17(16)19-3/h8-9,12,14-15,18H,4-7,10-11H2,1-3H3. The molecule has 0 amide bonds. The van der Waals surface area contributed by atoms with Crippen LogP contribution < -0.4 is 14.8 Å². The lowest BCUT2D eigenvalue weighted by Gasteiger charge is -2.20. The molecule has 2 rings (SSSR count). The maximum Gasteiger partial charge on any atom is 0.161 e. The van der Waals surface area contributed by atoms with Crippen LogP contribution in [0.1, 0.15) is 38.2 Å². The van der Waals surface area contributed by atoms with Gasteiger partial charge in [0.2, 0.25) is 0 Å². The quantitative estimate of drug-likeness (QED) is 0.826. The van der Waals surface area contributed by atoms with Crippen LogP contribution in [0.5, 0.6) is 11.5 Å². The minimum absolute atomic E-state index is 0.684. The average Bonchev–Trinajstić information content (AvgIpc) is 2.88. The second kappa shape index (κ2) is 7.53. The van der Waals surface area contributed by atoms with Gasteiger partial charge in [0.1, 0.15) is 0 Å². The van der Waals surface area contributed by atoms with Crippen molar-refractivity contribution in [3.8, 4) is 11.5 Å². The van der Waals surface area contributed by atoms with E-state index in [9.17, 15) is 0 Å². The Kier molecular flexibility index (Phi) is 5.72. The largest absolute Gasteiger partial charge is 0.493 e. The van der Waals surface area contributed by atoms with Crippen molar-refractivity contribution in [1.82, 2.24) is 5.32 Å². The fourth-order valence-electron chi connectivity index (χ4n) is 3.13. The van der Waals surface area contributed by atoms with E-state index >= 15 is 0 Å². The van der Waals surface area contributed by atoms with Crippen LogP contribution in [0.2, 0.25) is 0 Å². The average molecular weight is 277 g/mol. The molecule has 3 nitrogen and oxygen atoms in total. The molecule has 1 fully saturated rings. The van der Waals surface area contributed by atoms with Crippen LogP contribution in [0.25, 0.3) is 0 Å². The highest BCUT2D eigenvalue weighted by molar-refractivity contribution is 5.42. The van der Waals surface area contributed by atoms with Gasteiger partial charge in [-0.3, -0.25) is 0 Å². The molecule has 1 aromatic carbocycles. The van der Waals surface area contributed by atoms with E-state index in [1.54, 1.807) is 7.11 Å². The Morgan fingerprint density at radius 2 is 2.10 bits per heavy atom. The molecule has 0 radical (unpaired) electrons. The van der Waals surface area contributed by atoms with Crippen LogP contribution >= 0.6 is 0 Å². The number of benzene rings is 1. The lowest BCUT2D eigenvalue weighted by molar-refractivity contribution is 0.250. The lowest BCUT2D eigenvalue weighted by atomic mass is 10.00. The molecule has 0 bridgehead atoms. The first-order valence-electron chi connectivity index (χ1n) is 7.75. The van der Waals surface area contributed by atoms with Crippen LogP contribution in [-0.2, 0) is 0 Å². The predicted octanol–water partition coefficient (Wildman–Crippen LogP) is 3.55. The zero-order valence-corrected chi connectivity index (χ0v) is 12.9. The van der Waals surface area contributed by atoms with E-state index in [1.807, 2.05) is 12.1 Å². The van der Waals surface area contributed by atoms with Crippen molar-refractivity contribution in [3.05, 3.63) is 23.8 Å². The highest BCUT2D eigenvalue weighted by Gasteiger charge is 2.26. The summed E-state index contributed by atoms with van der Waals surface area (Å²) in [7, 11) is 1.69. The minimum Gasteiger partial charge on any atom is -0.493 e. The summed E-state index contributed by atoms with van der Waals surface area (Å²) < 4.78 is 11.3. The first-order valence-corrected chi connectivity index (χ1v) is 7.75. The second-order valence-electron chi connectivity index (χ2n) is 5.65. The normalized spacial score (nSPS) is 21.9. The molecule has 20 heavy (non-hydrogen) atoms. The highest BCUT2D eigenvalue weighted by Crippen LogP contribution is 2.31. The fraction of sp³-hybridized carbons (Fsp3) is 0.647. The third kappa shape index (κ3) is 3.89. The second-order valence-corrected chi connectivity index (χ2v) is 5.65. The van der Waals surface area contributed by atoms with E-state index in [-0.39, 0.29) is 0 Å². The van der Waals surface area contributed by atoms with Crippen LogP contribution in [0.4, 0.5) is 0 Å². The van der Waals surface area contributed by atoms with Gasteiger partial charge in [-0.25, -0.2) is 0 Å². The van der Waals surface area contributed by atoms with E-state index < -0.39 is 0 Å². The molecular weight excluding hydrogens is 250 g/mol. The Bertz CT molecular complexity index is 419. The molecule has 1 aliphatic rings. The van der Waals surface area contributed by atoms with E-state index in [1.165, 1.54) is 24.8 Å². The predicted molar refractivity (Wildman–Crippen MR) is 82.6 cm³/mol. The van der Waals surface area contributed by atoms with Crippen molar-refractivity contribution in [2.75, 3.05) is 20.3 Å². The van der Waals surface area contributed by atoms with Gasteiger partial charge in [-0.1, -0.05) is 19.4 Å². The number of ether oxygens (including phenoxy) is 2. The molecule has 2 unspecified atom stereocenters. The van der Waals surface area contributed by atoms with Crippen LogP contribution in [-0.4, -0.2) is 26.3 Å². The zero-order valence-electron chi connectivity index (χ0n) is 12.9.